The Labute approximate surface area is 95.0 Å². The molecule has 1 aliphatic carbocycles. The van der Waals surface area contributed by atoms with Gasteiger partial charge in [0.2, 0.25) is 0 Å². The topological polar surface area (TPSA) is 62.8 Å². The van der Waals surface area contributed by atoms with E-state index in [1.54, 1.807) is 7.11 Å². The van der Waals surface area contributed by atoms with Gasteiger partial charge in [-0.1, -0.05) is 0 Å². The van der Waals surface area contributed by atoms with Gasteiger partial charge in [0.25, 0.3) is 0 Å². The van der Waals surface area contributed by atoms with E-state index in [1.165, 1.54) is 12.8 Å². The lowest BCUT2D eigenvalue weighted by atomic mass is 9.91. The van der Waals surface area contributed by atoms with Crippen molar-refractivity contribution in [1.82, 2.24) is 20.5 Å². The molecule has 1 aromatic heterocycles. The summed E-state index contributed by atoms with van der Waals surface area (Å²) in [5.74, 6) is 3.94. The molecule has 2 atom stereocenters. The fourth-order valence-electron chi connectivity index (χ4n) is 2.68. The molecule has 2 N–H and O–H groups in total. The van der Waals surface area contributed by atoms with Gasteiger partial charge in [0, 0.05) is 19.6 Å². The van der Waals surface area contributed by atoms with Gasteiger partial charge in [0.05, 0.1) is 0 Å². The monoisotopic (exact) mass is 222 g/mol. The molecule has 88 valence electrons. The third-order valence-electron chi connectivity index (χ3n) is 3.65. The summed E-state index contributed by atoms with van der Waals surface area (Å²) in [5.41, 5.74) is 0. The molecule has 0 aromatic carbocycles. The van der Waals surface area contributed by atoms with E-state index in [4.69, 9.17) is 4.74 Å². The van der Waals surface area contributed by atoms with Gasteiger partial charge < -0.3 is 10.1 Å². The van der Waals surface area contributed by atoms with E-state index >= 15 is 0 Å². The standard InChI is InChI=1S/C11H18N4O/c1-16-6-10-13-11(15-14-10)9-5-12-4-8(9)7-2-3-7/h7-9,12H,2-6H2,1H3,(H,13,14,15). The van der Waals surface area contributed by atoms with Gasteiger partial charge in [-0.25, -0.2) is 4.98 Å². The van der Waals surface area contributed by atoms with E-state index in [1.807, 2.05) is 0 Å². The third-order valence-corrected chi connectivity index (χ3v) is 3.65. The first-order chi connectivity index (χ1) is 7.88. The largest absolute Gasteiger partial charge is 0.377 e. The number of hydrogen-bond acceptors (Lipinski definition) is 4. The lowest BCUT2D eigenvalue weighted by Crippen LogP contribution is -2.14. The summed E-state index contributed by atoms with van der Waals surface area (Å²) in [5, 5.41) is 10.7. The molecule has 1 aromatic rings. The molecule has 2 heterocycles. The summed E-state index contributed by atoms with van der Waals surface area (Å²) < 4.78 is 5.04. The number of methoxy groups -OCH3 is 1. The normalized spacial score (nSPS) is 29.8. The second kappa shape index (κ2) is 4.14. The number of ether oxygens (including phenoxy) is 1. The van der Waals surface area contributed by atoms with Crippen molar-refractivity contribution in [2.24, 2.45) is 11.8 Å². The first-order valence-electron chi connectivity index (χ1n) is 5.99. The zero-order valence-electron chi connectivity index (χ0n) is 9.57. The lowest BCUT2D eigenvalue weighted by Gasteiger charge is -2.13. The molecule has 1 aliphatic heterocycles. The van der Waals surface area contributed by atoms with Crippen LogP contribution in [0.2, 0.25) is 0 Å². The highest BCUT2D eigenvalue weighted by Crippen LogP contribution is 2.44. The first kappa shape index (κ1) is 10.2. The Balaban J connectivity index is 1.74. The summed E-state index contributed by atoms with van der Waals surface area (Å²) in [6.45, 7) is 2.66. The van der Waals surface area contributed by atoms with E-state index in [-0.39, 0.29) is 0 Å². The molecular weight excluding hydrogens is 204 g/mol. The molecule has 16 heavy (non-hydrogen) atoms. The van der Waals surface area contributed by atoms with Crippen LogP contribution in [0.1, 0.15) is 30.4 Å². The number of nitrogens with one attached hydrogen (secondary N) is 2. The minimum Gasteiger partial charge on any atom is -0.377 e. The molecule has 3 rings (SSSR count). The highest BCUT2D eigenvalue weighted by atomic mass is 16.5. The fraction of sp³-hybridized carbons (Fsp3) is 0.818. The SMILES string of the molecule is COCc1nc(C2CNCC2C2CC2)n[nH]1. The van der Waals surface area contributed by atoms with Crippen LogP contribution in [0, 0.1) is 11.8 Å². The van der Waals surface area contributed by atoms with Crippen molar-refractivity contribution >= 4 is 0 Å². The quantitative estimate of drug-likeness (QED) is 0.785. The molecule has 0 spiro atoms. The van der Waals surface area contributed by atoms with Crippen LogP contribution in [0.4, 0.5) is 0 Å². The Kier molecular flexibility index (Phi) is 2.65. The Morgan fingerprint density at radius 3 is 3.00 bits per heavy atom. The molecule has 0 bridgehead atoms. The van der Waals surface area contributed by atoms with Crippen molar-refractivity contribution in [3.05, 3.63) is 11.6 Å². The van der Waals surface area contributed by atoms with Crippen LogP contribution in [0.5, 0.6) is 0 Å². The summed E-state index contributed by atoms with van der Waals surface area (Å²) in [6.07, 6.45) is 2.77. The predicted molar refractivity (Wildman–Crippen MR) is 58.9 cm³/mol. The highest BCUT2D eigenvalue weighted by molar-refractivity contribution is 5.07. The molecule has 0 radical (unpaired) electrons. The van der Waals surface area contributed by atoms with E-state index in [0.717, 1.165) is 36.6 Å². The molecule has 2 unspecified atom stereocenters. The number of aromatic nitrogens is 3. The minimum atomic E-state index is 0.495. The molecule has 5 nitrogen and oxygen atoms in total. The van der Waals surface area contributed by atoms with E-state index in [9.17, 15) is 0 Å². The van der Waals surface area contributed by atoms with Gasteiger partial charge >= 0.3 is 0 Å². The second-order valence-corrected chi connectivity index (χ2v) is 4.84. The van der Waals surface area contributed by atoms with Gasteiger partial charge in [-0.05, 0) is 31.2 Å². The number of H-pyrrole nitrogens is 1. The molecule has 1 saturated carbocycles. The molecule has 1 saturated heterocycles. The average Bonchev–Trinajstić information content (AvgIpc) is 2.84. The van der Waals surface area contributed by atoms with Crippen molar-refractivity contribution in [3.63, 3.8) is 0 Å². The van der Waals surface area contributed by atoms with E-state index in [2.05, 4.69) is 20.5 Å². The Hall–Kier alpha value is -0.940. The molecular formula is C11H18N4O. The lowest BCUT2D eigenvalue weighted by molar-refractivity contribution is 0.178. The summed E-state index contributed by atoms with van der Waals surface area (Å²) in [4.78, 5) is 4.51. The van der Waals surface area contributed by atoms with Crippen molar-refractivity contribution in [2.45, 2.75) is 25.4 Å². The van der Waals surface area contributed by atoms with Crippen LogP contribution in [0.3, 0.4) is 0 Å². The zero-order valence-corrected chi connectivity index (χ0v) is 9.57. The second-order valence-electron chi connectivity index (χ2n) is 4.84. The van der Waals surface area contributed by atoms with Crippen molar-refractivity contribution in [1.29, 1.82) is 0 Å². The Morgan fingerprint density at radius 1 is 1.38 bits per heavy atom. The Bertz CT molecular complexity index is 361. The predicted octanol–water partition coefficient (Wildman–Crippen LogP) is 0.664. The number of hydrogen-bond donors (Lipinski definition) is 2. The number of nitrogens with zero attached hydrogens (tertiary/aromatic N) is 2. The number of aromatic amines is 1. The van der Waals surface area contributed by atoms with Crippen molar-refractivity contribution in [3.8, 4) is 0 Å². The van der Waals surface area contributed by atoms with Gasteiger partial charge in [-0.15, -0.1) is 0 Å². The number of rotatable bonds is 4. The van der Waals surface area contributed by atoms with Gasteiger partial charge in [0.1, 0.15) is 6.61 Å². The van der Waals surface area contributed by atoms with Crippen molar-refractivity contribution in [2.75, 3.05) is 20.2 Å². The van der Waals surface area contributed by atoms with Gasteiger partial charge in [-0.3, -0.25) is 5.10 Å². The molecule has 5 heteroatoms. The van der Waals surface area contributed by atoms with E-state index in [0.29, 0.717) is 12.5 Å². The summed E-state index contributed by atoms with van der Waals surface area (Å²) in [6, 6.07) is 0. The minimum absolute atomic E-state index is 0.495. The third kappa shape index (κ3) is 1.85. The molecule has 2 aliphatic rings. The Morgan fingerprint density at radius 2 is 2.25 bits per heavy atom. The first-order valence-corrected chi connectivity index (χ1v) is 5.99. The average molecular weight is 222 g/mol. The molecule has 2 fully saturated rings. The van der Waals surface area contributed by atoms with Crippen LogP contribution in [-0.2, 0) is 11.3 Å². The maximum Gasteiger partial charge on any atom is 0.155 e. The maximum atomic E-state index is 5.04. The van der Waals surface area contributed by atoms with Crippen LogP contribution in [0.15, 0.2) is 0 Å². The zero-order chi connectivity index (χ0) is 11.0. The van der Waals surface area contributed by atoms with Crippen molar-refractivity contribution < 1.29 is 4.74 Å². The summed E-state index contributed by atoms with van der Waals surface area (Å²) in [7, 11) is 1.67. The van der Waals surface area contributed by atoms with E-state index < -0.39 is 0 Å². The fourth-order valence-corrected chi connectivity index (χ4v) is 2.68. The molecule has 0 amide bonds. The highest BCUT2D eigenvalue weighted by Gasteiger charge is 2.41. The van der Waals surface area contributed by atoms with Crippen LogP contribution < -0.4 is 5.32 Å². The van der Waals surface area contributed by atoms with Gasteiger partial charge in [0.15, 0.2) is 11.6 Å². The van der Waals surface area contributed by atoms with Crippen LogP contribution in [0.25, 0.3) is 0 Å². The summed E-state index contributed by atoms with van der Waals surface area (Å²) >= 11 is 0. The maximum absolute atomic E-state index is 5.04. The smallest absolute Gasteiger partial charge is 0.155 e. The van der Waals surface area contributed by atoms with Gasteiger partial charge in [-0.2, -0.15) is 5.10 Å². The van der Waals surface area contributed by atoms with Crippen LogP contribution >= 0.6 is 0 Å². The van der Waals surface area contributed by atoms with Crippen LogP contribution in [-0.4, -0.2) is 35.4 Å².